The fraction of sp³-hybridized carbons (Fsp3) is 0.333. The molecule has 0 aromatic carbocycles. The summed E-state index contributed by atoms with van der Waals surface area (Å²) in [6, 6.07) is 1.64. The van der Waals surface area contributed by atoms with E-state index in [2.05, 4.69) is 4.98 Å². The van der Waals surface area contributed by atoms with Gasteiger partial charge in [-0.1, -0.05) is 0 Å². The summed E-state index contributed by atoms with van der Waals surface area (Å²) in [4.78, 5) is 2.95. The quantitative estimate of drug-likeness (QED) is 0.822. The van der Waals surface area contributed by atoms with Crippen molar-refractivity contribution in [3.63, 3.8) is 0 Å². The molecule has 0 amide bonds. The number of hydrogen-bond donors (Lipinski definition) is 1. The molecule has 92 valence electrons. The number of nitriles is 1. The summed E-state index contributed by atoms with van der Waals surface area (Å²) in [6.07, 6.45) is -8.28. The monoisotopic (exact) mass is 252 g/mol. The van der Waals surface area contributed by atoms with Crippen LogP contribution in [0, 0.1) is 11.3 Å². The maximum Gasteiger partial charge on any atom is 0.434 e. The summed E-state index contributed by atoms with van der Waals surface area (Å²) >= 11 is 0. The van der Waals surface area contributed by atoms with Crippen LogP contribution in [0.1, 0.15) is 28.9 Å². The van der Waals surface area contributed by atoms with Crippen LogP contribution >= 0.6 is 0 Å². The van der Waals surface area contributed by atoms with Crippen LogP contribution < -0.4 is 0 Å². The molecule has 0 saturated carbocycles. The number of pyridine rings is 1. The van der Waals surface area contributed by atoms with Crippen LogP contribution in [-0.2, 0) is 12.8 Å². The van der Waals surface area contributed by atoms with E-state index < -0.39 is 41.7 Å². The van der Waals surface area contributed by atoms with E-state index in [4.69, 9.17) is 10.4 Å². The number of nitrogens with zero attached hydrogens (tertiary/aromatic N) is 2. The van der Waals surface area contributed by atoms with E-state index in [0.29, 0.717) is 6.07 Å². The molecule has 1 aromatic heterocycles. The normalized spacial score (nSPS) is 11.6. The molecule has 0 atom stereocenters. The molecule has 0 aliphatic rings. The van der Waals surface area contributed by atoms with Crippen LogP contribution in [0.5, 0.6) is 0 Å². The maximum atomic E-state index is 12.5. The maximum absolute atomic E-state index is 12.5. The lowest BCUT2D eigenvalue weighted by atomic mass is 10.1. The van der Waals surface area contributed by atoms with Crippen molar-refractivity contribution in [2.45, 2.75) is 19.2 Å². The number of rotatable bonds is 2. The molecule has 1 N–H and O–H groups in total. The minimum absolute atomic E-state index is 0.563. The highest BCUT2D eigenvalue weighted by Crippen LogP contribution is 2.34. The molecule has 0 bridgehead atoms. The third-order valence-corrected chi connectivity index (χ3v) is 1.88. The zero-order valence-corrected chi connectivity index (χ0v) is 8.09. The van der Waals surface area contributed by atoms with Crippen LogP contribution in [0.2, 0.25) is 0 Å². The highest BCUT2D eigenvalue weighted by atomic mass is 19.4. The van der Waals surface area contributed by atoms with Crippen molar-refractivity contribution in [3.8, 4) is 6.07 Å². The number of alkyl halides is 5. The zero-order valence-electron chi connectivity index (χ0n) is 8.09. The SMILES string of the molecule is N#Cc1c(C(F)F)cc(CO)nc1C(F)(F)F. The Morgan fingerprint density at radius 3 is 2.35 bits per heavy atom. The fourth-order valence-electron chi connectivity index (χ4n) is 1.20. The average molecular weight is 252 g/mol. The molecule has 0 fully saturated rings. The van der Waals surface area contributed by atoms with Crippen LogP contribution in [0.3, 0.4) is 0 Å². The molecule has 0 aliphatic heterocycles. The summed E-state index contributed by atoms with van der Waals surface area (Å²) in [6.45, 7) is -0.922. The van der Waals surface area contributed by atoms with E-state index >= 15 is 0 Å². The Morgan fingerprint density at radius 2 is 2.00 bits per heavy atom. The van der Waals surface area contributed by atoms with Crippen molar-refractivity contribution < 1.29 is 27.1 Å². The molecule has 1 heterocycles. The van der Waals surface area contributed by atoms with Gasteiger partial charge in [0.05, 0.1) is 17.9 Å². The Kier molecular flexibility index (Phi) is 3.63. The van der Waals surface area contributed by atoms with Gasteiger partial charge in [0.1, 0.15) is 6.07 Å². The summed E-state index contributed by atoms with van der Waals surface area (Å²) in [5, 5.41) is 17.1. The first kappa shape index (κ1) is 13.3. The van der Waals surface area contributed by atoms with Crippen molar-refractivity contribution in [1.82, 2.24) is 4.98 Å². The van der Waals surface area contributed by atoms with E-state index in [1.54, 1.807) is 0 Å². The van der Waals surface area contributed by atoms with E-state index in [-0.39, 0.29) is 0 Å². The van der Waals surface area contributed by atoms with Crippen molar-refractivity contribution in [3.05, 3.63) is 28.6 Å². The van der Waals surface area contributed by atoms with Gasteiger partial charge in [0.25, 0.3) is 6.43 Å². The lowest BCUT2D eigenvalue weighted by molar-refractivity contribution is -0.141. The Bertz CT molecular complexity index is 464. The van der Waals surface area contributed by atoms with Crippen molar-refractivity contribution in [2.24, 2.45) is 0 Å². The number of aliphatic hydroxyl groups excluding tert-OH is 1. The fourth-order valence-corrected chi connectivity index (χ4v) is 1.20. The van der Waals surface area contributed by atoms with Crippen molar-refractivity contribution in [2.75, 3.05) is 0 Å². The lowest BCUT2D eigenvalue weighted by Gasteiger charge is -2.12. The molecule has 17 heavy (non-hydrogen) atoms. The molecule has 0 unspecified atom stereocenters. The molecule has 1 rings (SSSR count). The molecule has 0 aliphatic carbocycles. The van der Waals surface area contributed by atoms with Crippen molar-refractivity contribution in [1.29, 1.82) is 5.26 Å². The summed E-state index contributed by atoms with van der Waals surface area (Å²) in [7, 11) is 0. The van der Waals surface area contributed by atoms with Gasteiger partial charge in [-0.15, -0.1) is 0 Å². The minimum Gasteiger partial charge on any atom is -0.390 e. The third kappa shape index (κ3) is 2.68. The van der Waals surface area contributed by atoms with Gasteiger partial charge in [0, 0.05) is 5.56 Å². The molecular weight excluding hydrogens is 247 g/mol. The van der Waals surface area contributed by atoms with Crippen LogP contribution in [-0.4, -0.2) is 10.1 Å². The molecule has 0 radical (unpaired) electrons. The second-order valence-corrected chi connectivity index (χ2v) is 2.99. The highest BCUT2D eigenvalue weighted by Gasteiger charge is 2.38. The second kappa shape index (κ2) is 4.63. The smallest absolute Gasteiger partial charge is 0.390 e. The highest BCUT2D eigenvalue weighted by molar-refractivity contribution is 5.44. The third-order valence-electron chi connectivity index (χ3n) is 1.88. The molecule has 0 spiro atoms. The number of halogens is 5. The largest absolute Gasteiger partial charge is 0.434 e. The molecule has 0 saturated heterocycles. The van der Waals surface area contributed by atoms with Gasteiger partial charge in [-0.05, 0) is 6.07 Å². The molecular formula is C9H5F5N2O. The van der Waals surface area contributed by atoms with Crippen LogP contribution in [0.25, 0.3) is 0 Å². The summed E-state index contributed by atoms with van der Waals surface area (Å²) < 4.78 is 62.3. The van der Waals surface area contributed by atoms with Crippen LogP contribution in [0.15, 0.2) is 6.07 Å². The first-order chi connectivity index (χ1) is 7.81. The predicted octanol–water partition coefficient (Wildman–Crippen LogP) is 2.40. The van der Waals surface area contributed by atoms with Gasteiger partial charge >= 0.3 is 6.18 Å². The Labute approximate surface area is 92.1 Å². The average Bonchev–Trinajstić information content (AvgIpc) is 2.25. The molecule has 8 heteroatoms. The number of aliphatic hydroxyl groups is 1. The Morgan fingerprint density at radius 1 is 1.41 bits per heavy atom. The zero-order chi connectivity index (χ0) is 13.2. The van der Waals surface area contributed by atoms with Crippen molar-refractivity contribution >= 4 is 0 Å². The Hall–Kier alpha value is -1.75. The van der Waals surface area contributed by atoms with Gasteiger partial charge in [0.15, 0.2) is 5.69 Å². The second-order valence-electron chi connectivity index (χ2n) is 2.99. The number of aromatic nitrogens is 1. The van der Waals surface area contributed by atoms with Gasteiger partial charge in [-0.25, -0.2) is 13.8 Å². The van der Waals surface area contributed by atoms with Gasteiger partial charge in [-0.3, -0.25) is 0 Å². The van der Waals surface area contributed by atoms with Gasteiger partial charge in [-0.2, -0.15) is 18.4 Å². The van der Waals surface area contributed by atoms with Gasteiger partial charge < -0.3 is 5.11 Å². The topological polar surface area (TPSA) is 56.9 Å². The predicted molar refractivity (Wildman–Crippen MR) is 44.8 cm³/mol. The molecule has 3 nitrogen and oxygen atoms in total. The standard InChI is InChI=1S/C9H5F5N2O/c10-8(11)5-1-4(3-17)16-7(6(5)2-15)9(12,13)14/h1,8,17H,3H2. The van der Waals surface area contributed by atoms with Gasteiger partial charge in [0.2, 0.25) is 0 Å². The number of hydrogen-bond acceptors (Lipinski definition) is 3. The van der Waals surface area contributed by atoms with E-state index in [0.717, 1.165) is 6.07 Å². The van der Waals surface area contributed by atoms with E-state index in [1.807, 2.05) is 0 Å². The first-order valence-corrected chi connectivity index (χ1v) is 4.21. The van der Waals surface area contributed by atoms with E-state index in [9.17, 15) is 22.0 Å². The lowest BCUT2D eigenvalue weighted by Crippen LogP contribution is -2.14. The van der Waals surface area contributed by atoms with E-state index in [1.165, 1.54) is 0 Å². The summed E-state index contributed by atoms with van der Waals surface area (Å²) in [5.41, 5.74) is -4.57. The van der Waals surface area contributed by atoms with Crippen LogP contribution in [0.4, 0.5) is 22.0 Å². The molecule has 1 aromatic rings. The summed E-state index contributed by atoms with van der Waals surface area (Å²) in [5.74, 6) is 0. The Balaban J connectivity index is 3.58. The first-order valence-electron chi connectivity index (χ1n) is 4.21. The minimum atomic E-state index is -5.03.